The molecule has 1 N–H and O–H groups in total. The summed E-state index contributed by atoms with van der Waals surface area (Å²) in [5.41, 5.74) is 2.39. The van der Waals surface area contributed by atoms with Crippen LogP contribution >= 0.6 is 0 Å². The summed E-state index contributed by atoms with van der Waals surface area (Å²) < 4.78 is 4.75. The average molecular weight is 408 g/mol. The fourth-order valence-electron chi connectivity index (χ4n) is 4.98. The molecule has 6 heteroatoms. The van der Waals surface area contributed by atoms with Crippen LogP contribution in [0.3, 0.4) is 0 Å². The first-order valence-electron chi connectivity index (χ1n) is 10.4. The van der Waals surface area contributed by atoms with E-state index >= 15 is 0 Å². The third-order valence-corrected chi connectivity index (χ3v) is 6.88. The van der Waals surface area contributed by atoms with Crippen LogP contribution in [0.25, 0.3) is 0 Å². The van der Waals surface area contributed by atoms with Crippen molar-refractivity contribution in [3.63, 3.8) is 0 Å². The molecule has 1 saturated heterocycles. The second-order valence-electron chi connectivity index (χ2n) is 8.63. The summed E-state index contributed by atoms with van der Waals surface area (Å²) in [4.78, 5) is 28.6. The third kappa shape index (κ3) is 3.45. The van der Waals surface area contributed by atoms with E-state index in [0.29, 0.717) is 12.1 Å². The van der Waals surface area contributed by atoms with Gasteiger partial charge in [-0.3, -0.25) is 9.80 Å². The van der Waals surface area contributed by atoms with E-state index in [1.807, 2.05) is 12.1 Å². The first kappa shape index (κ1) is 20.4. The van der Waals surface area contributed by atoms with E-state index in [9.17, 15) is 9.59 Å². The largest absolute Gasteiger partial charge is 0.465 e. The number of urea groups is 1. The number of carbonyl (C=O) groups is 2. The molecule has 1 aliphatic heterocycles. The molecule has 2 amide bonds. The van der Waals surface area contributed by atoms with E-state index in [1.165, 1.54) is 12.7 Å². The molecule has 2 fully saturated rings. The quantitative estimate of drug-likeness (QED) is 0.784. The number of methoxy groups -OCH3 is 1. The van der Waals surface area contributed by atoms with Crippen LogP contribution in [0.4, 0.5) is 10.5 Å². The van der Waals surface area contributed by atoms with Gasteiger partial charge in [-0.2, -0.15) is 0 Å². The topological polar surface area (TPSA) is 61.9 Å². The second-order valence-corrected chi connectivity index (χ2v) is 8.63. The molecule has 1 aliphatic carbocycles. The number of nitrogens with one attached hydrogen (secondary N) is 1. The summed E-state index contributed by atoms with van der Waals surface area (Å²) in [6, 6.07) is 17.6. The van der Waals surface area contributed by atoms with Gasteiger partial charge in [0, 0.05) is 11.2 Å². The minimum absolute atomic E-state index is 0.00712. The molecule has 4 rings (SSSR count). The molecule has 30 heavy (non-hydrogen) atoms. The van der Waals surface area contributed by atoms with Crippen molar-refractivity contribution in [1.29, 1.82) is 0 Å². The van der Waals surface area contributed by atoms with Gasteiger partial charge in [0.2, 0.25) is 0 Å². The zero-order chi connectivity index (χ0) is 21.4. The van der Waals surface area contributed by atoms with Crippen molar-refractivity contribution in [2.24, 2.45) is 0 Å². The molecule has 2 aromatic rings. The van der Waals surface area contributed by atoms with Gasteiger partial charge in [-0.05, 0) is 69.6 Å². The van der Waals surface area contributed by atoms with Crippen LogP contribution in [0.1, 0.15) is 41.6 Å². The average Bonchev–Trinajstić information content (AvgIpc) is 3.10. The third-order valence-electron chi connectivity index (χ3n) is 6.88. The van der Waals surface area contributed by atoms with E-state index in [0.717, 1.165) is 31.4 Å². The normalized spacial score (nSPS) is 26.1. The molecule has 6 nitrogen and oxygen atoms in total. The van der Waals surface area contributed by atoms with Crippen LogP contribution in [0, 0.1) is 0 Å². The predicted molar refractivity (Wildman–Crippen MR) is 117 cm³/mol. The molecule has 1 saturated carbocycles. The van der Waals surface area contributed by atoms with Crippen molar-refractivity contribution in [1.82, 2.24) is 10.2 Å². The Morgan fingerprint density at radius 1 is 1.00 bits per heavy atom. The van der Waals surface area contributed by atoms with E-state index in [1.54, 1.807) is 17.0 Å². The lowest BCUT2D eigenvalue weighted by atomic mass is 9.69. The predicted octanol–water partition coefficient (Wildman–Crippen LogP) is 3.77. The summed E-state index contributed by atoms with van der Waals surface area (Å²) in [5.74, 6) is -0.378. The minimum atomic E-state index is -0.378. The summed E-state index contributed by atoms with van der Waals surface area (Å²) >= 11 is 0. The van der Waals surface area contributed by atoms with Gasteiger partial charge in [0.15, 0.2) is 0 Å². The standard InChI is InChI=1S/C24H29N3O3/c1-26(2)24(19-7-5-4-6-8-19)15-13-23(14-16-24)17-27(22(29)25-23)20-11-9-18(10-12-20)21(28)30-3/h4-12H,13-17H2,1-3H3,(H,25,29)/t23-,24+. The Bertz CT molecular complexity index is 916. The van der Waals surface area contributed by atoms with Gasteiger partial charge >= 0.3 is 12.0 Å². The number of anilines is 1. The molecule has 2 aromatic carbocycles. The number of hydrogen-bond acceptors (Lipinski definition) is 4. The molecule has 1 heterocycles. The van der Waals surface area contributed by atoms with Crippen molar-refractivity contribution in [3.8, 4) is 0 Å². The van der Waals surface area contributed by atoms with E-state index in [2.05, 4.69) is 54.6 Å². The van der Waals surface area contributed by atoms with Gasteiger partial charge in [0.1, 0.15) is 0 Å². The molecule has 0 aromatic heterocycles. The lowest BCUT2D eigenvalue weighted by molar-refractivity contribution is 0.0600. The van der Waals surface area contributed by atoms with Crippen LogP contribution in [0.5, 0.6) is 0 Å². The van der Waals surface area contributed by atoms with Crippen molar-refractivity contribution < 1.29 is 14.3 Å². The van der Waals surface area contributed by atoms with E-state index < -0.39 is 0 Å². The van der Waals surface area contributed by atoms with Crippen molar-refractivity contribution >= 4 is 17.7 Å². The Hall–Kier alpha value is -2.86. The van der Waals surface area contributed by atoms with Crippen molar-refractivity contribution in [2.45, 2.75) is 36.8 Å². The highest BCUT2D eigenvalue weighted by molar-refractivity contribution is 5.96. The minimum Gasteiger partial charge on any atom is -0.465 e. The lowest BCUT2D eigenvalue weighted by Crippen LogP contribution is -2.54. The molecule has 0 radical (unpaired) electrons. The summed E-state index contributed by atoms with van der Waals surface area (Å²) in [5, 5.41) is 3.27. The molecular formula is C24H29N3O3. The van der Waals surface area contributed by atoms with Gasteiger partial charge < -0.3 is 10.1 Å². The summed E-state index contributed by atoms with van der Waals surface area (Å²) in [6.45, 7) is 0.641. The van der Waals surface area contributed by atoms with Crippen LogP contribution in [-0.2, 0) is 10.3 Å². The van der Waals surface area contributed by atoms with Crippen LogP contribution < -0.4 is 10.2 Å². The zero-order valence-electron chi connectivity index (χ0n) is 17.9. The van der Waals surface area contributed by atoms with Crippen molar-refractivity contribution in [2.75, 3.05) is 32.6 Å². The summed E-state index contributed by atoms with van der Waals surface area (Å²) in [6.07, 6.45) is 3.81. The number of hydrogen-bond donors (Lipinski definition) is 1. The smallest absolute Gasteiger partial charge is 0.337 e. The number of ether oxygens (including phenoxy) is 1. The van der Waals surface area contributed by atoms with Gasteiger partial charge in [-0.25, -0.2) is 9.59 Å². The van der Waals surface area contributed by atoms with Gasteiger partial charge in [-0.1, -0.05) is 30.3 Å². The maximum atomic E-state index is 12.8. The van der Waals surface area contributed by atoms with E-state index in [4.69, 9.17) is 4.74 Å². The second kappa shape index (κ2) is 7.76. The Kier molecular flexibility index (Phi) is 5.28. The summed E-state index contributed by atoms with van der Waals surface area (Å²) in [7, 11) is 5.65. The highest BCUT2D eigenvalue weighted by atomic mass is 16.5. The number of benzene rings is 2. The van der Waals surface area contributed by atoms with Crippen LogP contribution in [0.2, 0.25) is 0 Å². The molecule has 0 unspecified atom stereocenters. The maximum Gasteiger partial charge on any atom is 0.337 e. The highest BCUT2D eigenvalue weighted by Crippen LogP contribution is 2.46. The molecule has 158 valence electrons. The van der Waals surface area contributed by atoms with Gasteiger partial charge in [-0.15, -0.1) is 0 Å². The Morgan fingerprint density at radius 2 is 1.63 bits per heavy atom. The Labute approximate surface area is 177 Å². The fraction of sp³-hybridized carbons (Fsp3) is 0.417. The number of esters is 1. The van der Waals surface area contributed by atoms with Crippen LogP contribution in [-0.4, -0.2) is 50.2 Å². The molecule has 0 atom stereocenters. The number of amides is 2. The monoisotopic (exact) mass is 407 g/mol. The maximum absolute atomic E-state index is 12.8. The Balaban J connectivity index is 1.51. The van der Waals surface area contributed by atoms with Gasteiger partial charge in [0.05, 0.1) is 24.8 Å². The molecule has 0 bridgehead atoms. The highest BCUT2D eigenvalue weighted by Gasteiger charge is 2.50. The Morgan fingerprint density at radius 3 is 2.20 bits per heavy atom. The zero-order valence-corrected chi connectivity index (χ0v) is 17.9. The number of nitrogens with zero attached hydrogens (tertiary/aromatic N) is 2. The molecule has 1 spiro atoms. The molecule has 2 aliphatic rings. The lowest BCUT2D eigenvalue weighted by Gasteiger charge is -2.48. The van der Waals surface area contributed by atoms with Crippen molar-refractivity contribution in [3.05, 3.63) is 65.7 Å². The van der Waals surface area contributed by atoms with Gasteiger partial charge in [0.25, 0.3) is 0 Å². The number of rotatable bonds is 4. The number of carbonyl (C=O) groups excluding carboxylic acids is 2. The molecular weight excluding hydrogens is 378 g/mol. The SMILES string of the molecule is COC(=O)c1ccc(N2C[C@]3(CC[C@](c4ccccc4)(N(C)C)CC3)NC2=O)cc1. The van der Waals surface area contributed by atoms with E-state index in [-0.39, 0.29) is 23.1 Å². The fourth-order valence-corrected chi connectivity index (χ4v) is 4.98. The van der Waals surface area contributed by atoms with Crippen LogP contribution in [0.15, 0.2) is 54.6 Å². The first-order valence-corrected chi connectivity index (χ1v) is 10.4. The first-order chi connectivity index (χ1) is 14.4.